The van der Waals surface area contributed by atoms with E-state index in [2.05, 4.69) is 4.98 Å². The molecule has 2 atom stereocenters. The van der Waals surface area contributed by atoms with Crippen LogP contribution in [0.3, 0.4) is 0 Å². The van der Waals surface area contributed by atoms with Crippen molar-refractivity contribution in [3.63, 3.8) is 0 Å². The average Bonchev–Trinajstić information content (AvgIpc) is 2.57. The molecule has 2 aromatic rings. The smallest absolute Gasteiger partial charge is 0.312 e. The number of aliphatic hydroxyl groups excluding tert-OH is 1. The van der Waals surface area contributed by atoms with Crippen LogP contribution in [-0.4, -0.2) is 40.4 Å². The lowest BCUT2D eigenvalue weighted by Crippen LogP contribution is -2.56. The molecule has 1 aromatic heterocycles. The molecule has 1 aliphatic heterocycles. The summed E-state index contributed by atoms with van der Waals surface area (Å²) in [6.45, 7) is 2.82. The van der Waals surface area contributed by atoms with Gasteiger partial charge in [-0.25, -0.2) is 0 Å². The fraction of sp³-hybridized carbons (Fsp3) is 0.368. The van der Waals surface area contributed by atoms with Crippen LogP contribution in [0.2, 0.25) is 0 Å². The third kappa shape index (κ3) is 3.12. The van der Waals surface area contributed by atoms with Crippen molar-refractivity contribution in [2.75, 3.05) is 18.0 Å². The summed E-state index contributed by atoms with van der Waals surface area (Å²) in [5.74, 6) is -0.926. The second-order valence-corrected chi connectivity index (χ2v) is 6.49. The summed E-state index contributed by atoms with van der Waals surface area (Å²) in [6, 6.07) is 13.4. The Morgan fingerprint density at radius 3 is 2.71 bits per heavy atom. The number of anilines is 1. The van der Waals surface area contributed by atoms with Crippen LogP contribution in [-0.2, 0) is 11.2 Å². The van der Waals surface area contributed by atoms with Crippen molar-refractivity contribution >= 4 is 11.7 Å². The second-order valence-electron chi connectivity index (χ2n) is 6.49. The molecule has 1 aromatic carbocycles. The monoisotopic (exact) mass is 326 g/mol. The van der Waals surface area contributed by atoms with Gasteiger partial charge in [0.1, 0.15) is 5.41 Å². The van der Waals surface area contributed by atoms with E-state index in [1.165, 1.54) is 0 Å². The van der Waals surface area contributed by atoms with Gasteiger partial charge >= 0.3 is 5.97 Å². The van der Waals surface area contributed by atoms with Gasteiger partial charge in [0.25, 0.3) is 0 Å². The van der Waals surface area contributed by atoms with Gasteiger partial charge in [-0.2, -0.15) is 0 Å². The molecular formula is C19H22N2O3. The predicted octanol–water partition coefficient (Wildman–Crippen LogP) is 2.27. The van der Waals surface area contributed by atoms with Gasteiger partial charge in [-0.05, 0) is 37.5 Å². The van der Waals surface area contributed by atoms with Crippen LogP contribution in [0.25, 0.3) is 0 Å². The predicted molar refractivity (Wildman–Crippen MR) is 92.0 cm³/mol. The molecule has 0 saturated carbocycles. The normalized spacial score (nSPS) is 23.9. The number of carbonyl (C=O) groups is 1. The Morgan fingerprint density at radius 1 is 1.33 bits per heavy atom. The zero-order valence-corrected chi connectivity index (χ0v) is 13.7. The van der Waals surface area contributed by atoms with Crippen molar-refractivity contribution in [3.05, 3.63) is 59.9 Å². The number of β-amino-alcohol motifs (C(OH)–C–C–N with tert-alkyl or cyclic N) is 1. The Morgan fingerprint density at radius 2 is 2.08 bits per heavy atom. The molecular weight excluding hydrogens is 304 g/mol. The number of aromatic nitrogens is 1. The van der Waals surface area contributed by atoms with Crippen LogP contribution < -0.4 is 4.90 Å². The number of rotatable bonds is 4. The first kappa shape index (κ1) is 16.5. The Labute approximate surface area is 141 Å². The minimum atomic E-state index is -1.14. The highest BCUT2D eigenvalue weighted by Gasteiger charge is 2.48. The first-order valence-electron chi connectivity index (χ1n) is 8.14. The van der Waals surface area contributed by atoms with E-state index in [-0.39, 0.29) is 0 Å². The number of aryl methyl sites for hydroxylation is 1. The van der Waals surface area contributed by atoms with Crippen LogP contribution >= 0.6 is 0 Å². The number of nitrogens with zero attached hydrogens (tertiary/aromatic N) is 2. The molecule has 0 bridgehead atoms. The Bertz CT molecular complexity index is 720. The van der Waals surface area contributed by atoms with Crippen molar-refractivity contribution in [1.82, 2.24) is 4.98 Å². The topological polar surface area (TPSA) is 73.7 Å². The number of aliphatic carboxylic acids is 1. The molecule has 126 valence electrons. The van der Waals surface area contributed by atoms with Crippen LogP contribution in [0.4, 0.5) is 5.69 Å². The van der Waals surface area contributed by atoms with Crippen molar-refractivity contribution in [1.29, 1.82) is 0 Å². The SMILES string of the molecule is Cc1cc(N2CC[C@](Cc3ccccc3)(C(=O)O)[C@@H](O)C2)ccn1. The zero-order valence-electron chi connectivity index (χ0n) is 13.7. The number of benzene rings is 1. The van der Waals surface area contributed by atoms with Gasteiger partial charge < -0.3 is 15.1 Å². The van der Waals surface area contributed by atoms with Crippen LogP contribution in [0.5, 0.6) is 0 Å². The fourth-order valence-electron chi connectivity index (χ4n) is 3.43. The number of carboxylic acids is 1. The maximum atomic E-state index is 12.0. The van der Waals surface area contributed by atoms with E-state index in [1.54, 1.807) is 6.20 Å². The number of carboxylic acid groups (broad SMARTS) is 1. The van der Waals surface area contributed by atoms with Crippen molar-refractivity contribution < 1.29 is 15.0 Å². The highest BCUT2D eigenvalue weighted by molar-refractivity contribution is 5.76. The van der Waals surface area contributed by atoms with Gasteiger partial charge in [-0.1, -0.05) is 30.3 Å². The highest BCUT2D eigenvalue weighted by atomic mass is 16.4. The highest BCUT2D eigenvalue weighted by Crippen LogP contribution is 2.37. The van der Waals surface area contributed by atoms with Crippen molar-refractivity contribution in [2.45, 2.75) is 25.9 Å². The first-order valence-corrected chi connectivity index (χ1v) is 8.14. The number of hydrogen-bond donors (Lipinski definition) is 2. The third-order valence-electron chi connectivity index (χ3n) is 4.89. The average molecular weight is 326 g/mol. The van der Waals surface area contributed by atoms with Gasteiger partial charge in [-0.15, -0.1) is 0 Å². The second kappa shape index (κ2) is 6.61. The van der Waals surface area contributed by atoms with E-state index in [1.807, 2.05) is 54.3 Å². The number of pyridine rings is 1. The van der Waals surface area contributed by atoms with Gasteiger partial charge in [0.2, 0.25) is 0 Å². The fourth-order valence-corrected chi connectivity index (χ4v) is 3.43. The van der Waals surface area contributed by atoms with Crippen LogP contribution in [0.1, 0.15) is 17.7 Å². The molecule has 0 spiro atoms. The van der Waals surface area contributed by atoms with E-state index in [0.717, 1.165) is 16.9 Å². The molecule has 5 nitrogen and oxygen atoms in total. The summed E-state index contributed by atoms with van der Waals surface area (Å²) in [7, 11) is 0. The Balaban J connectivity index is 1.82. The molecule has 0 aliphatic carbocycles. The Kier molecular flexibility index (Phi) is 4.53. The van der Waals surface area contributed by atoms with Crippen LogP contribution in [0.15, 0.2) is 48.7 Å². The zero-order chi connectivity index (χ0) is 17.2. The lowest BCUT2D eigenvalue weighted by molar-refractivity contribution is -0.158. The summed E-state index contributed by atoms with van der Waals surface area (Å²) < 4.78 is 0. The van der Waals surface area contributed by atoms with Crippen molar-refractivity contribution in [2.24, 2.45) is 5.41 Å². The van der Waals surface area contributed by atoms with Gasteiger partial charge in [-0.3, -0.25) is 9.78 Å². The number of piperidine rings is 1. The number of aliphatic hydroxyl groups is 1. The molecule has 2 heterocycles. The Hall–Kier alpha value is -2.40. The molecule has 2 N–H and O–H groups in total. The summed E-state index contributed by atoms with van der Waals surface area (Å²) in [4.78, 5) is 18.2. The van der Waals surface area contributed by atoms with Gasteiger partial charge in [0.05, 0.1) is 6.10 Å². The van der Waals surface area contributed by atoms with Gasteiger partial charge in [0.15, 0.2) is 0 Å². The lowest BCUT2D eigenvalue weighted by Gasteiger charge is -2.43. The summed E-state index contributed by atoms with van der Waals surface area (Å²) in [5, 5.41) is 20.5. The molecule has 0 unspecified atom stereocenters. The first-order chi connectivity index (χ1) is 11.5. The molecule has 1 saturated heterocycles. The summed E-state index contributed by atoms with van der Waals surface area (Å²) in [6.07, 6.45) is 1.55. The van der Waals surface area contributed by atoms with E-state index in [0.29, 0.717) is 25.9 Å². The molecule has 0 radical (unpaired) electrons. The largest absolute Gasteiger partial charge is 0.481 e. The summed E-state index contributed by atoms with van der Waals surface area (Å²) in [5.41, 5.74) is 1.67. The molecule has 3 rings (SSSR count). The van der Waals surface area contributed by atoms with Crippen LogP contribution in [0, 0.1) is 12.3 Å². The number of hydrogen-bond acceptors (Lipinski definition) is 4. The molecule has 5 heteroatoms. The lowest BCUT2D eigenvalue weighted by atomic mass is 9.71. The van der Waals surface area contributed by atoms with E-state index in [9.17, 15) is 15.0 Å². The minimum absolute atomic E-state index is 0.308. The quantitative estimate of drug-likeness (QED) is 0.902. The maximum absolute atomic E-state index is 12.0. The molecule has 1 fully saturated rings. The molecule has 24 heavy (non-hydrogen) atoms. The van der Waals surface area contributed by atoms with E-state index < -0.39 is 17.5 Å². The molecule has 1 aliphatic rings. The van der Waals surface area contributed by atoms with Crippen molar-refractivity contribution in [3.8, 4) is 0 Å². The standard InChI is InChI=1S/C19H22N2O3/c1-14-11-16(7-9-20-14)21-10-8-19(18(23)24,17(22)13-21)12-15-5-3-2-4-6-15/h2-7,9,11,17,22H,8,10,12-13H2,1H3,(H,23,24)/t17-,19+/m0/s1. The summed E-state index contributed by atoms with van der Waals surface area (Å²) >= 11 is 0. The van der Waals surface area contributed by atoms with Gasteiger partial charge in [0, 0.05) is 30.7 Å². The molecule has 0 amide bonds. The van der Waals surface area contributed by atoms with E-state index >= 15 is 0 Å². The third-order valence-corrected chi connectivity index (χ3v) is 4.89. The maximum Gasteiger partial charge on any atom is 0.312 e. The minimum Gasteiger partial charge on any atom is -0.481 e. The van der Waals surface area contributed by atoms with E-state index in [4.69, 9.17) is 0 Å².